The van der Waals surface area contributed by atoms with Gasteiger partial charge in [0.05, 0.1) is 24.5 Å². The van der Waals surface area contributed by atoms with Gasteiger partial charge in [0.2, 0.25) is 5.28 Å². The van der Waals surface area contributed by atoms with E-state index in [9.17, 15) is 0 Å². The number of hydrogen-bond acceptors (Lipinski definition) is 5. The zero-order valence-corrected chi connectivity index (χ0v) is 9.82. The number of rotatable bonds is 4. The molecule has 1 aromatic rings. The first-order valence-corrected chi connectivity index (χ1v) is 4.93. The highest BCUT2D eigenvalue weighted by Gasteiger charge is 2.14. The van der Waals surface area contributed by atoms with Crippen molar-refractivity contribution < 1.29 is 4.74 Å². The predicted octanol–water partition coefficient (Wildman–Crippen LogP) is 1.18. The van der Waals surface area contributed by atoms with Crippen LogP contribution in [-0.2, 0) is 4.74 Å². The van der Waals surface area contributed by atoms with Crippen molar-refractivity contribution in [3.05, 3.63) is 11.5 Å². The Morgan fingerprint density at radius 1 is 1.67 bits per heavy atom. The van der Waals surface area contributed by atoms with Crippen LogP contribution < -0.4 is 10.6 Å². The molecule has 0 fully saturated rings. The molecular weight excluding hydrogens is 216 g/mol. The van der Waals surface area contributed by atoms with E-state index in [4.69, 9.17) is 22.1 Å². The molecule has 0 aliphatic rings. The number of anilines is 2. The zero-order chi connectivity index (χ0) is 11.4. The van der Waals surface area contributed by atoms with Gasteiger partial charge in [-0.15, -0.1) is 0 Å². The van der Waals surface area contributed by atoms with E-state index in [0.29, 0.717) is 18.1 Å². The lowest BCUT2D eigenvalue weighted by Crippen LogP contribution is -2.33. The van der Waals surface area contributed by atoms with E-state index in [0.717, 1.165) is 0 Å². The fraction of sp³-hybridized carbons (Fsp3) is 0.556. The maximum Gasteiger partial charge on any atom is 0.224 e. The Morgan fingerprint density at radius 3 is 2.93 bits per heavy atom. The van der Waals surface area contributed by atoms with Gasteiger partial charge in [0.25, 0.3) is 0 Å². The molecule has 0 amide bonds. The van der Waals surface area contributed by atoms with E-state index in [1.54, 1.807) is 7.11 Å². The fourth-order valence-electron chi connectivity index (χ4n) is 1.21. The molecule has 0 saturated carbocycles. The summed E-state index contributed by atoms with van der Waals surface area (Å²) >= 11 is 5.71. The molecule has 0 aromatic carbocycles. The van der Waals surface area contributed by atoms with Crippen molar-refractivity contribution in [2.24, 2.45) is 0 Å². The van der Waals surface area contributed by atoms with Crippen molar-refractivity contribution in [2.45, 2.75) is 13.0 Å². The van der Waals surface area contributed by atoms with Crippen LogP contribution in [0.25, 0.3) is 0 Å². The van der Waals surface area contributed by atoms with Gasteiger partial charge in [0.15, 0.2) is 5.82 Å². The molecule has 6 heteroatoms. The third-order valence-corrected chi connectivity index (χ3v) is 2.35. The number of nitrogen functional groups attached to an aromatic ring is 1. The van der Waals surface area contributed by atoms with Crippen molar-refractivity contribution in [1.82, 2.24) is 9.97 Å². The summed E-state index contributed by atoms with van der Waals surface area (Å²) in [7, 11) is 3.54. The second-order valence-electron chi connectivity index (χ2n) is 3.33. The van der Waals surface area contributed by atoms with Crippen LogP contribution in [0.1, 0.15) is 6.92 Å². The van der Waals surface area contributed by atoms with Crippen molar-refractivity contribution in [3.63, 3.8) is 0 Å². The molecule has 0 aliphatic heterocycles. The van der Waals surface area contributed by atoms with E-state index in [1.807, 2.05) is 18.9 Å². The lowest BCUT2D eigenvalue weighted by molar-refractivity contribution is 0.183. The van der Waals surface area contributed by atoms with Crippen LogP contribution in [0.2, 0.25) is 5.28 Å². The van der Waals surface area contributed by atoms with Crippen LogP contribution in [0.5, 0.6) is 0 Å². The van der Waals surface area contributed by atoms with Crippen LogP contribution in [0.3, 0.4) is 0 Å². The van der Waals surface area contributed by atoms with Gasteiger partial charge in [-0.3, -0.25) is 0 Å². The van der Waals surface area contributed by atoms with Crippen molar-refractivity contribution >= 4 is 23.1 Å². The van der Waals surface area contributed by atoms with Crippen LogP contribution in [-0.4, -0.2) is 36.8 Å². The molecule has 1 heterocycles. The summed E-state index contributed by atoms with van der Waals surface area (Å²) < 4.78 is 5.06. The largest absolute Gasteiger partial charge is 0.394 e. The van der Waals surface area contributed by atoms with Crippen LogP contribution >= 0.6 is 11.6 Å². The molecule has 0 saturated heterocycles. The molecule has 15 heavy (non-hydrogen) atoms. The van der Waals surface area contributed by atoms with Gasteiger partial charge >= 0.3 is 0 Å². The van der Waals surface area contributed by atoms with E-state index in [-0.39, 0.29) is 11.3 Å². The lowest BCUT2D eigenvalue weighted by Gasteiger charge is -2.26. The van der Waals surface area contributed by atoms with Crippen LogP contribution in [0.15, 0.2) is 6.20 Å². The number of nitrogens with two attached hydrogens (primary N) is 1. The number of nitrogens with zero attached hydrogens (tertiary/aromatic N) is 3. The van der Waals surface area contributed by atoms with Crippen molar-refractivity contribution in [2.75, 3.05) is 31.4 Å². The normalized spacial score (nSPS) is 12.5. The van der Waals surface area contributed by atoms with Gasteiger partial charge in [-0.1, -0.05) is 0 Å². The highest BCUT2D eigenvalue weighted by molar-refractivity contribution is 6.28. The number of methoxy groups -OCH3 is 1. The Bertz CT molecular complexity index is 334. The van der Waals surface area contributed by atoms with E-state index in [2.05, 4.69) is 9.97 Å². The number of aromatic nitrogens is 2. The number of likely N-dealkylation sites (N-methyl/N-ethyl adjacent to an activating group) is 1. The van der Waals surface area contributed by atoms with Gasteiger partial charge in [0.1, 0.15) is 0 Å². The second kappa shape index (κ2) is 5.14. The van der Waals surface area contributed by atoms with Crippen molar-refractivity contribution in [3.8, 4) is 0 Å². The third kappa shape index (κ3) is 2.94. The van der Waals surface area contributed by atoms with E-state index >= 15 is 0 Å². The van der Waals surface area contributed by atoms with Crippen molar-refractivity contribution in [1.29, 1.82) is 0 Å². The molecule has 1 rings (SSSR count). The Hall–Kier alpha value is -1.07. The van der Waals surface area contributed by atoms with E-state index < -0.39 is 0 Å². The number of halogens is 1. The number of ether oxygens (including phenoxy) is 1. The second-order valence-corrected chi connectivity index (χ2v) is 3.67. The average Bonchev–Trinajstić information content (AvgIpc) is 2.21. The molecule has 84 valence electrons. The average molecular weight is 231 g/mol. The molecular formula is C9H15ClN4O. The number of hydrogen-bond donors (Lipinski definition) is 1. The molecule has 1 aromatic heterocycles. The van der Waals surface area contributed by atoms with Gasteiger partial charge < -0.3 is 15.4 Å². The molecule has 0 spiro atoms. The summed E-state index contributed by atoms with van der Waals surface area (Å²) in [4.78, 5) is 9.78. The van der Waals surface area contributed by atoms with Gasteiger partial charge in [-0.25, -0.2) is 4.98 Å². The summed E-state index contributed by atoms with van der Waals surface area (Å²) in [5, 5.41) is 0.190. The monoisotopic (exact) mass is 230 g/mol. The summed E-state index contributed by atoms with van der Waals surface area (Å²) in [6.45, 7) is 2.61. The quantitative estimate of drug-likeness (QED) is 0.787. The Morgan fingerprint density at radius 2 is 2.33 bits per heavy atom. The molecule has 0 bridgehead atoms. The molecule has 5 nitrogen and oxygen atoms in total. The maximum absolute atomic E-state index is 5.76. The van der Waals surface area contributed by atoms with Gasteiger partial charge in [0, 0.05) is 14.2 Å². The Kier molecular flexibility index (Phi) is 4.11. The maximum atomic E-state index is 5.76. The minimum Gasteiger partial charge on any atom is -0.394 e. The van der Waals surface area contributed by atoms with E-state index in [1.165, 1.54) is 6.20 Å². The zero-order valence-electron chi connectivity index (χ0n) is 9.07. The SMILES string of the molecule is COCC(C)N(C)c1nc(Cl)ncc1N. The van der Waals surface area contributed by atoms with Gasteiger partial charge in [-0.2, -0.15) is 4.98 Å². The Balaban J connectivity index is 2.89. The van der Waals surface area contributed by atoms with Crippen LogP contribution in [0, 0.1) is 0 Å². The summed E-state index contributed by atoms with van der Waals surface area (Å²) in [6, 6.07) is 0.170. The smallest absolute Gasteiger partial charge is 0.224 e. The van der Waals surface area contributed by atoms with Crippen LogP contribution in [0.4, 0.5) is 11.5 Å². The minimum absolute atomic E-state index is 0.170. The molecule has 0 radical (unpaired) electrons. The fourth-order valence-corrected chi connectivity index (χ4v) is 1.33. The minimum atomic E-state index is 0.170. The molecule has 1 atom stereocenters. The standard InChI is InChI=1S/C9H15ClN4O/c1-6(5-15-3)14(2)8-7(11)4-12-9(10)13-8/h4,6H,5,11H2,1-3H3. The van der Waals surface area contributed by atoms with Gasteiger partial charge in [-0.05, 0) is 18.5 Å². The molecule has 0 aliphatic carbocycles. The first-order valence-electron chi connectivity index (χ1n) is 4.56. The first-order chi connectivity index (χ1) is 7.06. The molecule has 1 unspecified atom stereocenters. The summed E-state index contributed by atoms with van der Waals surface area (Å²) in [5.41, 5.74) is 6.26. The topological polar surface area (TPSA) is 64.3 Å². The lowest BCUT2D eigenvalue weighted by atomic mass is 10.3. The highest BCUT2D eigenvalue weighted by atomic mass is 35.5. The predicted molar refractivity (Wildman–Crippen MR) is 61.2 cm³/mol. The molecule has 2 N–H and O–H groups in total. The highest BCUT2D eigenvalue weighted by Crippen LogP contribution is 2.21. The third-order valence-electron chi connectivity index (χ3n) is 2.17. The first kappa shape index (κ1) is 12.0. The Labute approximate surface area is 94.2 Å². The summed E-state index contributed by atoms with van der Waals surface area (Å²) in [5.74, 6) is 0.625. The summed E-state index contributed by atoms with van der Waals surface area (Å²) in [6.07, 6.45) is 1.50.